The Labute approximate surface area is 87.2 Å². The average molecular weight is 194 g/mol. The molecule has 0 spiro atoms. The second-order valence-electron chi connectivity index (χ2n) is 5.53. The molecule has 2 atom stereocenters. The van der Waals surface area contributed by atoms with Gasteiger partial charge in [0.15, 0.2) is 0 Å². The van der Waals surface area contributed by atoms with E-state index in [1.165, 1.54) is 30.4 Å². The summed E-state index contributed by atoms with van der Waals surface area (Å²) in [6.45, 7) is 6.58. The van der Waals surface area contributed by atoms with Crippen LogP contribution in [0.1, 0.15) is 52.9 Å². The summed E-state index contributed by atoms with van der Waals surface area (Å²) < 4.78 is 0. The third kappa shape index (κ3) is 1.63. The summed E-state index contributed by atoms with van der Waals surface area (Å²) in [7, 11) is 0. The fourth-order valence-corrected chi connectivity index (χ4v) is 3.02. The number of rotatable bonds is 1. The number of aliphatic hydroxyl groups is 1. The third-order valence-electron chi connectivity index (χ3n) is 3.93. The Morgan fingerprint density at radius 2 is 1.93 bits per heavy atom. The van der Waals surface area contributed by atoms with Crippen molar-refractivity contribution in [2.75, 3.05) is 0 Å². The van der Waals surface area contributed by atoms with Crippen LogP contribution in [0.15, 0.2) is 11.1 Å². The maximum Gasteiger partial charge on any atom is 0.0889 e. The summed E-state index contributed by atoms with van der Waals surface area (Å²) in [5, 5.41) is 10.8. The second-order valence-corrected chi connectivity index (χ2v) is 5.53. The maximum atomic E-state index is 10.8. The first-order chi connectivity index (χ1) is 6.54. The van der Waals surface area contributed by atoms with Gasteiger partial charge in [-0.05, 0) is 63.4 Å². The fourth-order valence-electron chi connectivity index (χ4n) is 3.02. The monoisotopic (exact) mass is 194 g/mol. The highest BCUT2D eigenvalue weighted by molar-refractivity contribution is 5.27. The smallest absolute Gasteiger partial charge is 0.0889 e. The molecule has 0 unspecified atom stereocenters. The minimum absolute atomic E-state index is 0.420. The predicted octanol–water partition coefficient (Wildman–Crippen LogP) is 3.28. The van der Waals surface area contributed by atoms with Crippen LogP contribution in [0.2, 0.25) is 0 Å². The van der Waals surface area contributed by atoms with Crippen molar-refractivity contribution < 1.29 is 5.11 Å². The second kappa shape index (κ2) is 3.37. The Hall–Kier alpha value is -0.300. The van der Waals surface area contributed by atoms with E-state index in [2.05, 4.69) is 20.8 Å². The first-order valence-electron chi connectivity index (χ1n) is 5.93. The van der Waals surface area contributed by atoms with Gasteiger partial charge >= 0.3 is 0 Å². The van der Waals surface area contributed by atoms with Gasteiger partial charge in [0.25, 0.3) is 0 Å². The van der Waals surface area contributed by atoms with Gasteiger partial charge in [-0.1, -0.05) is 12.5 Å². The van der Waals surface area contributed by atoms with Crippen LogP contribution in [0.3, 0.4) is 0 Å². The van der Waals surface area contributed by atoms with Crippen LogP contribution in [-0.4, -0.2) is 10.7 Å². The number of allylic oxidation sites excluding steroid dienone is 1. The molecule has 0 aromatic heterocycles. The highest BCUT2D eigenvalue weighted by atomic mass is 16.3. The molecule has 0 aliphatic heterocycles. The lowest BCUT2D eigenvalue weighted by molar-refractivity contribution is 0.0124. The number of hydrogen-bond donors (Lipinski definition) is 1. The van der Waals surface area contributed by atoms with Gasteiger partial charge < -0.3 is 5.11 Å². The van der Waals surface area contributed by atoms with E-state index >= 15 is 0 Å². The lowest BCUT2D eigenvalue weighted by Crippen LogP contribution is -2.39. The molecule has 2 aliphatic carbocycles. The van der Waals surface area contributed by atoms with Crippen molar-refractivity contribution in [1.29, 1.82) is 0 Å². The van der Waals surface area contributed by atoms with E-state index in [0.29, 0.717) is 11.8 Å². The van der Waals surface area contributed by atoms with E-state index in [9.17, 15) is 5.11 Å². The highest BCUT2D eigenvalue weighted by Gasteiger charge is 2.48. The van der Waals surface area contributed by atoms with E-state index in [-0.39, 0.29) is 0 Å². The average Bonchev–Trinajstić information content (AvgIpc) is 2.84. The standard InChI is InChI=1S/C13H22O/c1-9(2)12-7-4-10(3)8-13(12,14)11-5-6-11/h10-11,14H,4-8H2,1-3H3/t10-,13+/m1/s1. The quantitative estimate of drug-likeness (QED) is 0.635. The first kappa shape index (κ1) is 10.2. The van der Waals surface area contributed by atoms with Gasteiger partial charge in [0, 0.05) is 0 Å². The van der Waals surface area contributed by atoms with Gasteiger partial charge in [-0.3, -0.25) is 0 Å². The molecular formula is C13H22O. The van der Waals surface area contributed by atoms with Gasteiger partial charge in [0.2, 0.25) is 0 Å². The number of hydrogen-bond acceptors (Lipinski definition) is 1. The van der Waals surface area contributed by atoms with E-state index in [1.807, 2.05) is 0 Å². The lowest BCUT2D eigenvalue weighted by atomic mass is 9.71. The van der Waals surface area contributed by atoms with Crippen LogP contribution in [0.5, 0.6) is 0 Å². The summed E-state index contributed by atoms with van der Waals surface area (Å²) in [4.78, 5) is 0. The minimum atomic E-state index is -0.420. The van der Waals surface area contributed by atoms with Gasteiger partial charge in [-0.15, -0.1) is 0 Å². The molecule has 0 radical (unpaired) electrons. The van der Waals surface area contributed by atoms with Crippen molar-refractivity contribution in [3.8, 4) is 0 Å². The molecule has 0 aromatic rings. The fraction of sp³-hybridized carbons (Fsp3) is 0.846. The molecule has 0 amide bonds. The lowest BCUT2D eigenvalue weighted by Gasteiger charge is -2.39. The Kier molecular flexibility index (Phi) is 2.46. The molecule has 2 aliphatic rings. The van der Waals surface area contributed by atoms with Crippen LogP contribution < -0.4 is 0 Å². The van der Waals surface area contributed by atoms with E-state index in [1.54, 1.807) is 0 Å². The van der Waals surface area contributed by atoms with Crippen LogP contribution in [0.4, 0.5) is 0 Å². The zero-order valence-electron chi connectivity index (χ0n) is 9.64. The zero-order valence-corrected chi connectivity index (χ0v) is 9.64. The highest BCUT2D eigenvalue weighted by Crippen LogP contribution is 2.51. The SMILES string of the molecule is CC(C)=C1CC[C@@H](C)C[C@]1(O)C1CC1. The molecule has 0 aromatic carbocycles. The van der Waals surface area contributed by atoms with Gasteiger partial charge in [-0.2, -0.15) is 0 Å². The summed E-state index contributed by atoms with van der Waals surface area (Å²) in [5.74, 6) is 1.28. The predicted molar refractivity (Wildman–Crippen MR) is 59.1 cm³/mol. The first-order valence-corrected chi connectivity index (χ1v) is 5.93. The Morgan fingerprint density at radius 3 is 2.43 bits per heavy atom. The van der Waals surface area contributed by atoms with Gasteiger partial charge in [0.05, 0.1) is 5.60 Å². The van der Waals surface area contributed by atoms with Crippen molar-refractivity contribution in [2.24, 2.45) is 11.8 Å². The third-order valence-corrected chi connectivity index (χ3v) is 3.93. The zero-order chi connectivity index (χ0) is 10.3. The van der Waals surface area contributed by atoms with Crippen LogP contribution in [0.25, 0.3) is 0 Å². The van der Waals surface area contributed by atoms with Gasteiger partial charge in [0.1, 0.15) is 0 Å². The molecule has 0 saturated heterocycles. The molecule has 80 valence electrons. The van der Waals surface area contributed by atoms with Crippen LogP contribution in [0, 0.1) is 11.8 Å². The van der Waals surface area contributed by atoms with Crippen LogP contribution in [-0.2, 0) is 0 Å². The van der Waals surface area contributed by atoms with E-state index in [4.69, 9.17) is 0 Å². The van der Waals surface area contributed by atoms with Crippen molar-refractivity contribution in [3.05, 3.63) is 11.1 Å². The Balaban J connectivity index is 2.27. The topological polar surface area (TPSA) is 20.2 Å². The van der Waals surface area contributed by atoms with E-state index in [0.717, 1.165) is 12.8 Å². The Morgan fingerprint density at radius 1 is 1.29 bits per heavy atom. The summed E-state index contributed by atoms with van der Waals surface area (Å²) in [5.41, 5.74) is 2.29. The molecule has 0 bridgehead atoms. The van der Waals surface area contributed by atoms with E-state index < -0.39 is 5.60 Å². The molecule has 0 heterocycles. The molecule has 2 fully saturated rings. The van der Waals surface area contributed by atoms with Gasteiger partial charge in [-0.25, -0.2) is 0 Å². The molecule has 14 heavy (non-hydrogen) atoms. The van der Waals surface area contributed by atoms with Crippen molar-refractivity contribution in [2.45, 2.75) is 58.5 Å². The summed E-state index contributed by atoms with van der Waals surface area (Å²) >= 11 is 0. The Bertz CT molecular complexity index is 258. The molecular weight excluding hydrogens is 172 g/mol. The molecule has 1 nitrogen and oxygen atoms in total. The minimum Gasteiger partial charge on any atom is -0.385 e. The van der Waals surface area contributed by atoms with Crippen LogP contribution >= 0.6 is 0 Å². The van der Waals surface area contributed by atoms with Crippen molar-refractivity contribution in [3.63, 3.8) is 0 Å². The molecule has 2 rings (SSSR count). The van der Waals surface area contributed by atoms with Crippen molar-refractivity contribution in [1.82, 2.24) is 0 Å². The molecule has 1 N–H and O–H groups in total. The maximum absolute atomic E-state index is 10.8. The summed E-state index contributed by atoms with van der Waals surface area (Å²) in [6, 6.07) is 0. The normalized spacial score (nSPS) is 38.6. The molecule has 2 saturated carbocycles. The molecule has 1 heteroatoms. The summed E-state index contributed by atoms with van der Waals surface area (Å²) in [6.07, 6.45) is 5.85. The van der Waals surface area contributed by atoms with Crippen molar-refractivity contribution >= 4 is 0 Å². The largest absolute Gasteiger partial charge is 0.385 e.